The van der Waals surface area contributed by atoms with Crippen LogP contribution in [0.2, 0.25) is 5.02 Å². The number of hydrogen-bond acceptors (Lipinski definition) is 6. The molecule has 7 nitrogen and oxygen atoms in total. The molecule has 1 fully saturated rings. The van der Waals surface area contributed by atoms with E-state index < -0.39 is 16.4 Å². The number of carbonyl (C=O) groups excluding carboxylic acids is 1. The van der Waals surface area contributed by atoms with Crippen molar-refractivity contribution in [2.45, 2.75) is 0 Å². The molecule has 0 aromatic heterocycles. The minimum absolute atomic E-state index is 0.125. The van der Waals surface area contributed by atoms with Crippen LogP contribution in [-0.2, 0) is 4.79 Å². The highest BCUT2D eigenvalue weighted by molar-refractivity contribution is 8.15. The Morgan fingerprint density at radius 3 is 2.90 bits per heavy atom. The highest BCUT2D eigenvalue weighted by atomic mass is 35.5. The summed E-state index contributed by atoms with van der Waals surface area (Å²) in [6.45, 7) is 0. The van der Waals surface area contributed by atoms with E-state index in [1.165, 1.54) is 0 Å². The van der Waals surface area contributed by atoms with Gasteiger partial charge in [0.1, 0.15) is 10.8 Å². The summed E-state index contributed by atoms with van der Waals surface area (Å²) in [5.41, 5.74) is -0.550. The maximum atomic E-state index is 13.5. The summed E-state index contributed by atoms with van der Waals surface area (Å²) in [6.07, 6.45) is 1.01. The van der Waals surface area contributed by atoms with Gasteiger partial charge in [0.25, 0.3) is 5.69 Å². The molecule has 1 aromatic carbocycles. The van der Waals surface area contributed by atoms with Crippen molar-refractivity contribution in [2.24, 2.45) is 10.2 Å². The second-order valence-corrected chi connectivity index (χ2v) is 4.94. The van der Waals surface area contributed by atoms with Crippen LogP contribution in [0.3, 0.4) is 0 Å². The molecule has 10 heteroatoms. The predicted molar refractivity (Wildman–Crippen MR) is 73.7 cm³/mol. The normalized spacial score (nSPS) is 16.9. The van der Waals surface area contributed by atoms with Crippen molar-refractivity contribution in [1.29, 1.82) is 0 Å². The van der Waals surface area contributed by atoms with Crippen LogP contribution in [0, 0.1) is 15.9 Å². The van der Waals surface area contributed by atoms with Crippen molar-refractivity contribution in [3.8, 4) is 0 Å². The summed E-state index contributed by atoms with van der Waals surface area (Å²) >= 11 is 6.70. The highest BCUT2D eigenvalue weighted by Crippen LogP contribution is 2.26. The number of amides is 1. The van der Waals surface area contributed by atoms with Gasteiger partial charge in [-0.3, -0.25) is 14.9 Å². The minimum Gasteiger partial charge on any atom is -0.303 e. The summed E-state index contributed by atoms with van der Waals surface area (Å²) in [5, 5.41) is 20.3. The van der Waals surface area contributed by atoms with Crippen LogP contribution in [0.1, 0.15) is 5.56 Å². The zero-order valence-electron chi connectivity index (χ0n) is 9.67. The average Bonchev–Trinajstić information content (AvgIpc) is 2.77. The molecule has 0 spiro atoms. The number of nitro benzene ring substituents is 1. The zero-order valence-corrected chi connectivity index (χ0v) is 11.2. The lowest BCUT2D eigenvalue weighted by atomic mass is 10.2. The van der Waals surface area contributed by atoms with Gasteiger partial charge in [-0.2, -0.15) is 5.10 Å². The van der Waals surface area contributed by atoms with Crippen molar-refractivity contribution in [3.63, 3.8) is 0 Å². The number of carbonyl (C=O) groups is 1. The van der Waals surface area contributed by atoms with Gasteiger partial charge in [0.05, 0.1) is 16.9 Å². The molecule has 0 atom stereocenters. The molecule has 1 heterocycles. The molecule has 1 aromatic rings. The van der Waals surface area contributed by atoms with Crippen LogP contribution in [0.15, 0.2) is 22.3 Å². The Bertz CT molecular complexity index is 650. The SMILES string of the molecule is O=C1CSC(=NN=Cc2cc([N+](=O)[O-])c(Cl)cc2F)N1. The van der Waals surface area contributed by atoms with E-state index in [1.54, 1.807) is 0 Å². The third-order valence-electron chi connectivity index (χ3n) is 2.19. The Labute approximate surface area is 121 Å². The van der Waals surface area contributed by atoms with E-state index in [1.807, 2.05) is 0 Å². The smallest absolute Gasteiger partial charge is 0.288 e. The summed E-state index contributed by atoms with van der Waals surface area (Å²) in [5.74, 6) is -0.709. The quantitative estimate of drug-likeness (QED) is 0.523. The Kier molecular flexibility index (Phi) is 4.30. The fourth-order valence-corrected chi connectivity index (χ4v) is 2.17. The van der Waals surface area contributed by atoms with Crippen LogP contribution in [0.5, 0.6) is 0 Å². The van der Waals surface area contributed by atoms with Gasteiger partial charge in [-0.05, 0) is 0 Å². The maximum Gasteiger partial charge on any atom is 0.288 e. The number of rotatable bonds is 3. The first kappa shape index (κ1) is 14.4. The lowest BCUT2D eigenvalue weighted by molar-refractivity contribution is -0.384. The molecule has 0 saturated carbocycles. The number of amidine groups is 1. The fraction of sp³-hybridized carbons (Fsp3) is 0.100. The molecule has 0 aliphatic carbocycles. The molecule has 2 rings (SSSR count). The third kappa shape index (κ3) is 3.31. The Morgan fingerprint density at radius 2 is 2.30 bits per heavy atom. The van der Waals surface area contributed by atoms with Gasteiger partial charge < -0.3 is 5.32 Å². The molecule has 1 N–H and O–H groups in total. The molecule has 20 heavy (non-hydrogen) atoms. The zero-order chi connectivity index (χ0) is 14.7. The van der Waals surface area contributed by atoms with Crippen LogP contribution in [-0.4, -0.2) is 28.0 Å². The lowest BCUT2D eigenvalue weighted by Gasteiger charge is -1.98. The summed E-state index contributed by atoms with van der Waals surface area (Å²) in [6, 6.07) is 1.79. The van der Waals surface area contributed by atoms with E-state index in [4.69, 9.17) is 11.6 Å². The summed E-state index contributed by atoms with van der Waals surface area (Å²) in [7, 11) is 0. The molecule has 1 saturated heterocycles. The highest BCUT2D eigenvalue weighted by Gasteiger charge is 2.17. The molecule has 0 unspecified atom stereocenters. The van der Waals surface area contributed by atoms with E-state index in [2.05, 4.69) is 15.5 Å². The van der Waals surface area contributed by atoms with E-state index >= 15 is 0 Å². The minimum atomic E-state index is -0.757. The molecule has 104 valence electrons. The van der Waals surface area contributed by atoms with E-state index in [0.29, 0.717) is 0 Å². The molecule has 1 aliphatic heterocycles. The van der Waals surface area contributed by atoms with E-state index in [-0.39, 0.29) is 27.4 Å². The van der Waals surface area contributed by atoms with Crippen molar-refractivity contribution in [3.05, 3.63) is 38.7 Å². The first-order valence-electron chi connectivity index (χ1n) is 5.14. The van der Waals surface area contributed by atoms with Crippen LogP contribution in [0.25, 0.3) is 0 Å². The topological polar surface area (TPSA) is 97.0 Å². The molecule has 0 bridgehead atoms. The van der Waals surface area contributed by atoms with Crippen LogP contribution in [0.4, 0.5) is 10.1 Å². The molecular weight excluding hydrogens is 311 g/mol. The van der Waals surface area contributed by atoms with E-state index in [9.17, 15) is 19.3 Å². The standard InChI is InChI=1S/C10H6ClFN4O3S/c11-6-2-7(12)5(1-8(6)16(18)19)3-13-15-10-14-9(17)4-20-10/h1-3H,4H2,(H,14,15,17). The van der Waals surface area contributed by atoms with Gasteiger partial charge >= 0.3 is 0 Å². The van der Waals surface area contributed by atoms with Crippen molar-refractivity contribution < 1.29 is 14.1 Å². The Balaban J connectivity index is 2.23. The summed E-state index contributed by atoms with van der Waals surface area (Å²) in [4.78, 5) is 20.8. The molecule has 1 aliphatic rings. The fourth-order valence-electron chi connectivity index (χ4n) is 1.32. The van der Waals surface area contributed by atoms with Crippen LogP contribution < -0.4 is 5.32 Å². The van der Waals surface area contributed by atoms with Gasteiger partial charge in [-0.15, -0.1) is 5.10 Å². The summed E-state index contributed by atoms with van der Waals surface area (Å²) < 4.78 is 13.5. The van der Waals surface area contributed by atoms with Gasteiger partial charge in [0.2, 0.25) is 5.91 Å². The maximum absolute atomic E-state index is 13.5. The van der Waals surface area contributed by atoms with Crippen molar-refractivity contribution >= 4 is 46.3 Å². The number of thioether (sulfide) groups is 1. The Hall–Kier alpha value is -2.00. The van der Waals surface area contributed by atoms with E-state index in [0.717, 1.165) is 30.1 Å². The second kappa shape index (κ2) is 5.97. The Morgan fingerprint density at radius 1 is 1.55 bits per heavy atom. The third-order valence-corrected chi connectivity index (χ3v) is 3.36. The number of halogens is 2. The first-order valence-corrected chi connectivity index (χ1v) is 6.51. The van der Waals surface area contributed by atoms with Gasteiger partial charge in [0.15, 0.2) is 5.17 Å². The first-order chi connectivity index (χ1) is 9.47. The van der Waals surface area contributed by atoms with Crippen molar-refractivity contribution in [1.82, 2.24) is 5.32 Å². The van der Waals surface area contributed by atoms with Crippen LogP contribution >= 0.6 is 23.4 Å². The molecular formula is C10H6ClFN4O3S. The molecule has 1 amide bonds. The number of hydrogen-bond donors (Lipinski definition) is 1. The van der Waals surface area contributed by atoms with Gasteiger partial charge in [-0.25, -0.2) is 4.39 Å². The van der Waals surface area contributed by atoms with Gasteiger partial charge in [0, 0.05) is 17.7 Å². The monoisotopic (exact) mass is 316 g/mol. The number of nitro groups is 1. The molecule has 0 radical (unpaired) electrons. The number of benzene rings is 1. The lowest BCUT2D eigenvalue weighted by Crippen LogP contribution is -2.19. The second-order valence-electron chi connectivity index (χ2n) is 3.57. The van der Waals surface area contributed by atoms with Crippen molar-refractivity contribution in [2.75, 3.05) is 5.75 Å². The number of nitrogens with one attached hydrogen (secondary N) is 1. The largest absolute Gasteiger partial charge is 0.303 e. The van der Waals surface area contributed by atoms with Gasteiger partial charge in [-0.1, -0.05) is 23.4 Å². The number of nitrogens with zero attached hydrogens (tertiary/aromatic N) is 3. The predicted octanol–water partition coefficient (Wildman–Crippen LogP) is 1.94. The average molecular weight is 317 g/mol.